The highest BCUT2D eigenvalue weighted by atomic mass is 19.1. The van der Waals surface area contributed by atoms with Crippen molar-refractivity contribution in [3.8, 4) is 5.75 Å². The third-order valence-electron chi connectivity index (χ3n) is 7.32. The van der Waals surface area contributed by atoms with Crippen LogP contribution in [0.5, 0.6) is 5.75 Å². The molecule has 2 saturated heterocycles. The van der Waals surface area contributed by atoms with Gasteiger partial charge in [0, 0.05) is 19.5 Å². The van der Waals surface area contributed by atoms with Crippen LogP contribution in [0, 0.1) is 11.8 Å². The number of pyridine rings is 1. The van der Waals surface area contributed by atoms with Gasteiger partial charge in [0.15, 0.2) is 17.6 Å². The molecule has 10 nitrogen and oxygen atoms in total. The number of phenols is 1. The van der Waals surface area contributed by atoms with Crippen molar-refractivity contribution in [1.82, 2.24) is 30.5 Å². The Balaban J connectivity index is 1.53. The van der Waals surface area contributed by atoms with Gasteiger partial charge in [-0.3, -0.25) is 14.4 Å². The highest BCUT2D eigenvalue weighted by Crippen LogP contribution is 2.30. The lowest BCUT2D eigenvalue weighted by Crippen LogP contribution is -2.78. The number of hydrazine groups is 1. The molecule has 0 bridgehead atoms. The Hall–Kier alpha value is -4.68. The van der Waals surface area contributed by atoms with E-state index in [1.54, 1.807) is 17.2 Å². The topological polar surface area (TPSA) is 118 Å². The number of nitrogens with one attached hydrogen (secondary N) is 2. The number of benzene rings is 2. The number of rotatable bonds is 9. The molecule has 218 valence electrons. The Morgan fingerprint density at radius 3 is 2.57 bits per heavy atom. The van der Waals surface area contributed by atoms with Gasteiger partial charge in [-0.2, -0.15) is 4.39 Å². The first kappa shape index (κ1) is 28.8. The SMILES string of the molecule is C=CCN1[C@H]2CNC(=O)[C@H](Cc3cccc(O)c3F)N2C(=O)C(C(=O)NCc2ccccc2)N1Cc1cccc(F)n1. The number of halogens is 2. The predicted molar refractivity (Wildman–Crippen MR) is 148 cm³/mol. The van der Waals surface area contributed by atoms with Crippen molar-refractivity contribution in [2.24, 2.45) is 0 Å². The van der Waals surface area contributed by atoms with Crippen LogP contribution in [0.25, 0.3) is 0 Å². The van der Waals surface area contributed by atoms with Crippen molar-refractivity contribution in [2.45, 2.75) is 37.8 Å². The third-order valence-corrected chi connectivity index (χ3v) is 7.32. The molecular weight excluding hydrogens is 546 g/mol. The summed E-state index contributed by atoms with van der Waals surface area (Å²) in [6.07, 6.45) is 0.574. The molecule has 5 rings (SSSR count). The van der Waals surface area contributed by atoms with Crippen LogP contribution in [0.1, 0.15) is 16.8 Å². The van der Waals surface area contributed by atoms with Crippen molar-refractivity contribution in [2.75, 3.05) is 13.1 Å². The number of nitrogens with zero attached hydrogens (tertiary/aromatic N) is 4. The van der Waals surface area contributed by atoms with Crippen molar-refractivity contribution in [3.63, 3.8) is 0 Å². The van der Waals surface area contributed by atoms with Crippen LogP contribution >= 0.6 is 0 Å². The summed E-state index contributed by atoms with van der Waals surface area (Å²) in [6.45, 7) is 4.05. The summed E-state index contributed by atoms with van der Waals surface area (Å²) in [5.41, 5.74) is 1.13. The number of fused-ring (bicyclic) bond motifs is 1. The smallest absolute Gasteiger partial charge is 0.253 e. The molecule has 2 fully saturated rings. The van der Waals surface area contributed by atoms with Gasteiger partial charge in [0.05, 0.1) is 18.8 Å². The quantitative estimate of drug-likeness (QED) is 0.202. The molecule has 3 amide bonds. The van der Waals surface area contributed by atoms with E-state index >= 15 is 0 Å². The van der Waals surface area contributed by atoms with Gasteiger partial charge in [-0.05, 0) is 29.3 Å². The van der Waals surface area contributed by atoms with Gasteiger partial charge in [-0.25, -0.2) is 19.4 Å². The molecule has 2 aromatic carbocycles. The average molecular weight is 577 g/mol. The molecule has 1 aromatic heterocycles. The van der Waals surface area contributed by atoms with E-state index in [1.165, 1.54) is 40.2 Å². The number of hydrogen-bond donors (Lipinski definition) is 3. The molecule has 1 unspecified atom stereocenters. The maximum absolute atomic E-state index is 14.8. The second kappa shape index (κ2) is 12.5. The number of carbonyl (C=O) groups excluding carboxylic acids is 3. The fourth-order valence-electron chi connectivity index (χ4n) is 5.38. The average Bonchev–Trinajstić information content (AvgIpc) is 2.98. The molecular formula is C30H30F2N6O4. The number of aromatic hydroxyl groups is 1. The minimum absolute atomic E-state index is 0.0167. The minimum atomic E-state index is -1.46. The fraction of sp³-hybridized carbons (Fsp3) is 0.267. The normalized spacial score (nSPS) is 21.0. The van der Waals surface area contributed by atoms with Gasteiger partial charge in [-0.1, -0.05) is 54.6 Å². The molecule has 0 spiro atoms. The highest BCUT2D eigenvalue weighted by molar-refractivity contribution is 6.06. The van der Waals surface area contributed by atoms with Gasteiger partial charge in [0.25, 0.3) is 5.91 Å². The lowest BCUT2D eigenvalue weighted by molar-refractivity contribution is -0.208. The van der Waals surface area contributed by atoms with Crippen LogP contribution in [0.15, 0.2) is 79.4 Å². The van der Waals surface area contributed by atoms with Gasteiger partial charge in [-0.15, -0.1) is 6.58 Å². The Morgan fingerprint density at radius 1 is 1.07 bits per heavy atom. The molecule has 0 saturated carbocycles. The summed E-state index contributed by atoms with van der Waals surface area (Å²) in [5, 5.41) is 18.7. The molecule has 3 heterocycles. The van der Waals surface area contributed by atoms with Gasteiger partial charge < -0.3 is 20.6 Å². The molecule has 2 aliphatic rings. The van der Waals surface area contributed by atoms with Crippen molar-refractivity contribution < 1.29 is 28.3 Å². The summed E-state index contributed by atoms with van der Waals surface area (Å²) >= 11 is 0. The second-order valence-corrected chi connectivity index (χ2v) is 10.0. The first-order chi connectivity index (χ1) is 20.3. The molecule has 3 atom stereocenters. The predicted octanol–water partition coefficient (Wildman–Crippen LogP) is 1.86. The highest BCUT2D eigenvalue weighted by Gasteiger charge is 2.53. The molecule has 3 N–H and O–H groups in total. The number of piperazine rings is 1. The van der Waals surface area contributed by atoms with Gasteiger partial charge >= 0.3 is 0 Å². The zero-order valence-electron chi connectivity index (χ0n) is 22.6. The van der Waals surface area contributed by atoms with E-state index in [2.05, 4.69) is 22.2 Å². The van der Waals surface area contributed by atoms with E-state index < -0.39 is 53.5 Å². The largest absolute Gasteiger partial charge is 0.505 e. The van der Waals surface area contributed by atoms with E-state index in [0.717, 1.165) is 5.56 Å². The summed E-state index contributed by atoms with van der Waals surface area (Å²) in [4.78, 5) is 46.4. The number of hydrogen-bond acceptors (Lipinski definition) is 7. The van der Waals surface area contributed by atoms with Crippen LogP contribution in [0.3, 0.4) is 0 Å². The Kier molecular flexibility index (Phi) is 8.55. The molecule has 0 aliphatic carbocycles. The van der Waals surface area contributed by atoms with Crippen molar-refractivity contribution >= 4 is 17.7 Å². The summed E-state index contributed by atoms with van der Waals surface area (Å²) in [7, 11) is 0. The van der Waals surface area contributed by atoms with E-state index in [0.29, 0.717) is 0 Å². The summed E-state index contributed by atoms with van der Waals surface area (Å²) in [5.74, 6) is -4.02. The summed E-state index contributed by atoms with van der Waals surface area (Å²) in [6, 6.07) is 14.8. The van der Waals surface area contributed by atoms with Crippen molar-refractivity contribution in [3.05, 3.63) is 108 Å². The van der Waals surface area contributed by atoms with Crippen LogP contribution in [-0.2, 0) is 33.9 Å². The van der Waals surface area contributed by atoms with E-state index in [4.69, 9.17) is 0 Å². The third kappa shape index (κ3) is 5.85. The molecule has 42 heavy (non-hydrogen) atoms. The fourth-order valence-corrected chi connectivity index (χ4v) is 5.38. The number of amides is 3. The zero-order chi connectivity index (χ0) is 29.8. The van der Waals surface area contributed by atoms with Gasteiger partial charge in [0.2, 0.25) is 17.8 Å². The maximum atomic E-state index is 14.8. The Morgan fingerprint density at radius 2 is 1.83 bits per heavy atom. The van der Waals surface area contributed by atoms with E-state index in [9.17, 15) is 28.3 Å². The zero-order valence-corrected chi connectivity index (χ0v) is 22.6. The van der Waals surface area contributed by atoms with Crippen LogP contribution in [-0.4, -0.2) is 74.1 Å². The molecule has 0 radical (unpaired) electrons. The Labute approximate surface area is 241 Å². The summed E-state index contributed by atoms with van der Waals surface area (Å²) < 4.78 is 28.8. The standard InChI is InChI=1S/C30H30F2N6O4/c1-2-14-36-25-17-34-28(40)22(15-20-10-6-12-23(39)26(20)32)38(25)30(42)27(29(41)33-16-19-8-4-3-5-9-19)37(36)18-21-11-7-13-24(31)35-21/h2-13,22,25,27,39H,1,14-18H2,(H,33,41)(H,34,40)/t22-,25+,27?/m0/s1. The van der Waals surface area contributed by atoms with Crippen LogP contribution in [0.2, 0.25) is 0 Å². The van der Waals surface area contributed by atoms with E-state index in [-0.39, 0.29) is 43.9 Å². The molecule has 3 aromatic rings. The molecule has 2 aliphatic heterocycles. The maximum Gasteiger partial charge on any atom is 0.253 e. The van der Waals surface area contributed by atoms with Crippen molar-refractivity contribution in [1.29, 1.82) is 0 Å². The monoisotopic (exact) mass is 576 g/mol. The number of carbonyl (C=O) groups is 3. The van der Waals surface area contributed by atoms with E-state index in [1.807, 2.05) is 30.3 Å². The first-order valence-corrected chi connectivity index (χ1v) is 13.4. The van der Waals surface area contributed by atoms with Crippen LogP contribution in [0.4, 0.5) is 8.78 Å². The molecule has 12 heteroatoms. The second-order valence-electron chi connectivity index (χ2n) is 10.0. The number of phenolic OH excluding ortho intramolecular Hbond substituents is 1. The van der Waals surface area contributed by atoms with Gasteiger partial charge in [0.1, 0.15) is 12.2 Å². The Bertz CT molecular complexity index is 1490. The minimum Gasteiger partial charge on any atom is -0.505 e. The lowest BCUT2D eigenvalue weighted by atomic mass is 9.97. The lowest BCUT2D eigenvalue weighted by Gasteiger charge is -2.55. The van der Waals surface area contributed by atoms with Crippen LogP contribution < -0.4 is 10.6 Å². The first-order valence-electron chi connectivity index (χ1n) is 13.4. The number of aromatic nitrogens is 1.